The van der Waals surface area contributed by atoms with Crippen LogP contribution in [0.15, 0.2) is 24.3 Å². The lowest BCUT2D eigenvalue weighted by molar-refractivity contribution is -0.121. The summed E-state index contributed by atoms with van der Waals surface area (Å²) in [4.78, 5) is 22.5. The third-order valence-corrected chi connectivity index (χ3v) is 2.70. The van der Waals surface area contributed by atoms with Gasteiger partial charge in [0.1, 0.15) is 5.75 Å². The number of nitrogens with one attached hydrogen (secondary N) is 2. The van der Waals surface area contributed by atoms with Crippen molar-refractivity contribution in [1.82, 2.24) is 10.6 Å². The lowest BCUT2D eigenvalue weighted by atomic mass is 10.0. The maximum absolute atomic E-state index is 11.3. The largest absolute Gasteiger partial charge is 0.494 e. The molecule has 0 aromatic heterocycles. The molecule has 96 valence electrons. The van der Waals surface area contributed by atoms with Crippen LogP contribution < -0.4 is 15.4 Å². The molecule has 1 unspecified atom stereocenters. The van der Waals surface area contributed by atoms with Crippen molar-refractivity contribution >= 4 is 11.9 Å². The number of benzene rings is 1. The van der Waals surface area contributed by atoms with Crippen molar-refractivity contribution in [3.63, 3.8) is 0 Å². The molecule has 1 aliphatic heterocycles. The summed E-state index contributed by atoms with van der Waals surface area (Å²) in [7, 11) is 0. The average Bonchev–Trinajstić information content (AvgIpc) is 2.36. The molecule has 1 aliphatic rings. The Labute approximate surface area is 106 Å². The van der Waals surface area contributed by atoms with Crippen LogP contribution in [0.25, 0.3) is 0 Å². The van der Waals surface area contributed by atoms with Gasteiger partial charge in [-0.2, -0.15) is 0 Å². The lowest BCUT2D eigenvalue weighted by Crippen LogP contribution is -2.48. The van der Waals surface area contributed by atoms with Crippen molar-refractivity contribution < 1.29 is 14.3 Å². The minimum atomic E-state index is -0.442. The molecular weight excluding hydrogens is 232 g/mol. The number of hydrogen-bond acceptors (Lipinski definition) is 3. The fourth-order valence-electron chi connectivity index (χ4n) is 1.83. The molecule has 5 nitrogen and oxygen atoms in total. The Balaban J connectivity index is 2.04. The number of urea groups is 1. The van der Waals surface area contributed by atoms with E-state index >= 15 is 0 Å². The van der Waals surface area contributed by atoms with E-state index in [1.54, 1.807) is 0 Å². The van der Waals surface area contributed by atoms with Crippen LogP contribution in [-0.2, 0) is 4.79 Å². The highest BCUT2D eigenvalue weighted by molar-refractivity contribution is 5.97. The first-order chi connectivity index (χ1) is 8.69. The zero-order chi connectivity index (χ0) is 13.0. The van der Waals surface area contributed by atoms with Gasteiger partial charge >= 0.3 is 6.03 Å². The predicted molar refractivity (Wildman–Crippen MR) is 66.3 cm³/mol. The van der Waals surface area contributed by atoms with Gasteiger partial charge in [-0.1, -0.05) is 19.1 Å². The van der Waals surface area contributed by atoms with E-state index in [0.29, 0.717) is 6.61 Å². The molecule has 1 aromatic carbocycles. The van der Waals surface area contributed by atoms with Crippen LogP contribution in [0.1, 0.15) is 31.4 Å². The van der Waals surface area contributed by atoms with Gasteiger partial charge < -0.3 is 10.1 Å². The van der Waals surface area contributed by atoms with E-state index in [1.165, 1.54) is 0 Å². The fraction of sp³-hybridized carbons (Fsp3) is 0.385. The van der Waals surface area contributed by atoms with Gasteiger partial charge in [0, 0.05) is 0 Å². The monoisotopic (exact) mass is 248 g/mol. The zero-order valence-corrected chi connectivity index (χ0v) is 10.2. The van der Waals surface area contributed by atoms with Gasteiger partial charge in [0.15, 0.2) is 0 Å². The Hall–Kier alpha value is -2.04. The Morgan fingerprint density at radius 1 is 1.28 bits per heavy atom. The summed E-state index contributed by atoms with van der Waals surface area (Å²) < 4.78 is 5.47. The van der Waals surface area contributed by atoms with Crippen molar-refractivity contribution in [3.8, 4) is 5.75 Å². The molecule has 3 amide bonds. The van der Waals surface area contributed by atoms with Crippen LogP contribution in [0.4, 0.5) is 4.79 Å². The zero-order valence-electron chi connectivity index (χ0n) is 10.2. The Bertz CT molecular complexity index is 426. The minimum Gasteiger partial charge on any atom is -0.494 e. The Morgan fingerprint density at radius 2 is 2.00 bits per heavy atom. The first kappa shape index (κ1) is 12.4. The fourth-order valence-corrected chi connectivity index (χ4v) is 1.83. The smallest absolute Gasteiger partial charge is 0.321 e. The normalized spacial score (nSPS) is 19.1. The third kappa shape index (κ3) is 3.00. The van der Waals surface area contributed by atoms with Gasteiger partial charge in [-0.25, -0.2) is 4.79 Å². The summed E-state index contributed by atoms with van der Waals surface area (Å²) in [6, 6.07) is 6.74. The number of hydrogen-bond donors (Lipinski definition) is 2. The molecular formula is C13H16N2O3. The van der Waals surface area contributed by atoms with E-state index < -0.39 is 6.03 Å². The van der Waals surface area contributed by atoms with Crippen LogP contribution in [0.2, 0.25) is 0 Å². The molecule has 0 radical (unpaired) electrons. The molecule has 1 atom stereocenters. The highest BCUT2D eigenvalue weighted by Gasteiger charge is 2.24. The summed E-state index contributed by atoms with van der Waals surface area (Å²) in [5, 5.41) is 4.92. The van der Waals surface area contributed by atoms with Crippen molar-refractivity contribution in [1.29, 1.82) is 0 Å². The van der Waals surface area contributed by atoms with Crippen molar-refractivity contribution in [3.05, 3.63) is 29.8 Å². The maximum Gasteiger partial charge on any atom is 0.321 e. The molecule has 0 spiro atoms. The number of carbonyl (C=O) groups excluding carboxylic acids is 2. The van der Waals surface area contributed by atoms with E-state index in [4.69, 9.17) is 4.74 Å². The van der Waals surface area contributed by atoms with Crippen LogP contribution in [0, 0.1) is 0 Å². The highest BCUT2D eigenvalue weighted by atomic mass is 16.5. The topological polar surface area (TPSA) is 67.4 Å². The predicted octanol–water partition coefficient (Wildman–Crippen LogP) is 1.75. The second kappa shape index (κ2) is 5.53. The summed E-state index contributed by atoms with van der Waals surface area (Å²) >= 11 is 0. The summed E-state index contributed by atoms with van der Waals surface area (Å²) in [6.07, 6.45) is 1.22. The van der Waals surface area contributed by atoms with Crippen LogP contribution in [0.3, 0.4) is 0 Å². The molecule has 1 heterocycles. The van der Waals surface area contributed by atoms with E-state index in [0.717, 1.165) is 17.7 Å². The average molecular weight is 248 g/mol. The van der Waals surface area contributed by atoms with Crippen molar-refractivity contribution in [2.45, 2.75) is 25.8 Å². The second-order valence-corrected chi connectivity index (χ2v) is 4.20. The van der Waals surface area contributed by atoms with Gasteiger partial charge in [0.25, 0.3) is 0 Å². The Kier molecular flexibility index (Phi) is 3.82. The van der Waals surface area contributed by atoms with Crippen LogP contribution in [-0.4, -0.2) is 18.5 Å². The standard InChI is InChI=1S/C13H16N2O3/c1-2-7-18-10-5-3-9(4-6-10)11-8-12(16)15-13(17)14-11/h3-6,11H,2,7-8H2,1H3,(H2,14,15,16,17). The molecule has 5 heteroatoms. The van der Waals surface area contributed by atoms with Crippen LogP contribution >= 0.6 is 0 Å². The van der Waals surface area contributed by atoms with E-state index in [9.17, 15) is 9.59 Å². The quantitative estimate of drug-likeness (QED) is 0.853. The number of imide groups is 1. The van der Waals surface area contributed by atoms with Gasteiger partial charge in [-0.3, -0.25) is 10.1 Å². The number of amides is 3. The molecule has 1 fully saturated rings. The first-order valence-electron chi connectivity index (χ1n) is 6.02. The van der Waals surface area contributed by atoms with Crippen molar-refractivity contribution in [2.24, 2.45) is 0 Å². The van der Waals surface area contributed by atoms with Crippen LogP contribution in [0.5, 0.6) is 5.75 Å². The molecule has 1 saturated heterocycles. The Morgan fingerprint density at radius 3 is 2.61 bits per heavy atom. The summed E-state index contributed by atoms with van der Waals surface area (Å²) in [5.41, 5.74) is 0.905. The lowest BCUT2D eigenvalue weighted by Gasteiger charge is -2.23. The molecule has 0 aliphatic carbocycles. The third-order valence-electron chi connectivity index (χ3n) is 2.70. The van der Waals surface area contributed by atoms with Gasteiger partial charge in [-0.05, 0) is 24.1 Å². The molecule has 2 rings (SSSR count). The first-order valence-corrected chi connectivity index (χ1v) is 6.02. The number of rotatable bonds is 4. The maximum atomic E-state index is 11.3. The summed E-state index contributed by atoms with van der Waals surface area (Å²) in [5.74, 6) is 0.544. The second-order valence-electron chi connectivity index (χ2n) is 4.20. The highest BCUT2D eigenvalue weighted by Crippen LogP contribution is 2.21. The van der Waals surface area contributed by atoms with Crippen molar-refractivity contribution in [2.75, 3.05) is 6.61 Å². The van der Waals surface area contributed by atoms with Gasteiger partial charge in [-0.15, -0.1) is 0 Å². The van der Waals surface area contributed by atoms with Gasteiger partial charge in [0.05, 0.1) is 19.1 Å². The van der Waals surface area contributed by atoms with Gasteiger partial charge in [0.2, 0.25) is 5.91 Å². The minimum absolute atomic E-state index is 0.255. The van der Waals surface area contributed by atoms with E-state index in [2.05, 4.69) is 10.6 Å². The summed E-state index contributed by atoms with van der Waals surface area (Å²) in [6.45, 7) is 2.73. The molecule has 2 N–H and O–H groups in total. The SMILES string of the molecule is CCCOc1ccc(C2CC(=O)NC(=O)N2)cc1. The number of ether oxygens (including phenoxy) is 1. The molecule has 18 heavy (non-hydrogen) atoms. The number of carbonyl (C=O) groups is 2. The molecule has 0 bridgehead atoms. The molecule has 0 saturated carbocycles. The molecule has 1 aromatic rings. The van der Waals surface area contributed by atoms with E-state index in [1.807, 2.05) is 31.2 Å². The van der Waals surface area contributed by atoms with E-state index in [-0.39, 0.29) is 18.4 Å².